The molecule has 0 saturated heterocycles. The fourth-order valence-electron chi connectivity index (χ4n) is 4.98. The minimum Gasteiger partial charge on any atom is -0.431 e. The Kier molecular flexibility index (Phi) is 9.66. The van der Waals surface area contributed by atoms with Crippen LogP contribution in [0.15, 0.2) is 56.7 Å². The summed E-state index contributed by atoms with van der Waals surface area (Å²) in [6.07, 6.45) is -4.31. The maximum Gasteiger partial charge on any atom is 0.491 e. The van der Waals surface area contributed by atoms with Crippen molar-refractivity contribution < 1.29 is 27.1 Å². The zero-order valence-electron chi connectivity index (χ0n) is 23.4. The van der Waals surface area contributed by atoms with Gasteiger partial charge in [0.15, 0.2) is 16.3 Å². The topological polar surface area (TPSA) is 114 Å². The van der Waals surface area contributed by atoms with Gasteiger partial charge in [-0.3, -0.25) is 18.5 Å². The molecule has 14 heteroatoms. The summed E-state index contributed by atoms with van der Waals surface area (Å²) in [6, 6.07) is 7.95. The number of thioether (sulfide) groups is 1. The summed E-state index contributed by atoms with van der Waals surface area (Å²) in [4.78, 5) is 43.6. The predicted molar refractivity (Wildman–Crippen MR) is 151 cm³/mol. The van der Waals surface area contributed by atoms with Crippen LogP contribution in [-0.4, -0.2) is 42.6 Å². The fourth-order valence-corrected chi connectivity index (χ4v) is 6.24. The summed E-state index contributed by atoms with van der Waals surface area (Å²) in [6.45, 7) is 3.09. The molecule has 1 fully saturated rings. The lowest BCUT2D eigenvalue weighted by atomic mass is 9.89. The lowest BCUT2D eigenvalue weighted by Gasteiger charge is -2.27. The van der Waals surface area contributed by atoms with E-state index in [0.717, 1.165) is 34.8 Å². The van der Waals surface area contributed by atoms with Gasteiger partial charge in [-0.25, -0.2) is 19.0 Å². The number of carbonyl (C=O) groups excluding carboxylic acids is 1. The number of hydrogen-bond donors (Lipinski definition) is 1. The van der Waals surface area contributed by atoms with Gasteiger partial charge in [0.05, 0.1) is 6.54 Å². The van der Waals surface area contributed by atoms with Gasteiger partial charge in [-0.2, -0.15) is 13.2 Å². The van der Waals surface area contributed by atoms with Crippen molar-refractivity contribution in [3.63, 3.8) is 0 Å². The predicted octanol–water partition coefficient (Wildman–Crippen LogP) is 4.79. The van der Waals surface area contributed by atoms with Gasteiger partial charge in [0, 0.05) is 12.3 Å². The molecule has 1 unspecified atom stereocenters. The molecule has 42 heavy (non-hydrogen) atoms. The zero-order valence-corrected chi connectivity index (χ0v) is 24.3. The van der Waals surface area contributed by atoms with E-state index in [1.165, 1.54) is 37.0 Å². The van der Waals surface area contributed by atoms with Gasteiger partial charge >= 0.3 is 17.8 Å². The minimum atomic E-state index is -5.30. The number of aromatic nitrogens is 4. The zero-order chi connectivity index (χ0) is 30.8. The lowest BCUT2D eigenvalue weighted by Crippen LogP contribution is -2.41. The summed E-state index contributed by atoms with van der Waals surface area (Å²) in [7, 11) is 1.34. The van der Waals surface area contributed by atoms with E-state index >= 15 is 4.39 Å². The number of nitrogens with two attached hydrogens (primary N) is 1. The molecule has 2 atom stereocenters. The highest BCUT2D eigenvalue weighted by Crippen LogP contribution is 2.38. The largest absolute Gasteiger partial charge is 0.491 e. The Hall–Kier alpha value is -3.39. The highest BCUT2D eigenvalue weighted by molar-refractivity contribution is 7.99. The van der Waals surface area contributed by atoms with Crippen LogP contribution in [0.5, 0.6) is 0 Å². The van der Waals surface area contributed by atoms with Crippen LogP contribution >= 0.6 is 11.8 Å². The fraction of sp³-hybridized carbons (Fsp3) is 0.500. The van der Waals surface area contributed by atoms with Crippen molar-refractivity contribution in [1.82, 2.24) is 18.7 Å². The molecule has 4 rings (SSSR count). The second kappa shape index (κ2) is 12.9. The standard InChI is InChI=1S/C28H33F4N5O4S/c1-16(2)13-21(41-25(39)28(30,31)32)37-22-23(34-26(37)42-19-11-9-17(14-33)10-12-19)35(3)27(40)36(24(22)38)15-20(29)18-7-5-4-6-8-18/h4-8,13,17,19-21H,9-12,14-15,33H2,1-3H3/t17?,19?,20-,21?/m1/s1. The van der Waals surface area contributed by atoms with E-state index in [0.29, 0.717) is 22.6 Å². The van der Waals surface area contributed by atoms with E-state index in [-0.39, 0.29) is 27.1 Å². The van der Waals surface area contributed by atoms with Crippen molar-refractivity contribution in [2.45, 2.75) is 75.1 Å². The summed E-state index contributed by atoms with van der Waals surface area (Å²) in [5.74, 6) is -2.09. The molecule has 2 aromatic heterocycles. The molecule has 0 bridgehead atoms. The van der Waals surface area contributed by atoms with Crippen molar-refractivity contribution in [2.24, 2.45) is 18.7 Å². The second-order valence-corrected chi connectivity index (χ2v) is 11.9. The SMILES string of the molecule is CC(C)=CC(OC(=O)C(F)(F)F)n1c(SC2CCC(CN)CC2)nc2c1c(=O)n(C[C@@H](F)c1ccccc1)c(=O)n2C. The number of halogens is 4. The molecule has 0 spiro atoms. The van der Waals surface area contributed by atoms with Crippen LogP contribution < -0.4 is 17.0 Å². The third kappa shape index (κ3) is 6.80. The van der Waals surface area contributed by atoms with E-state index in [1.807, 2.05) is 0 Å². The first-order chi connectivity index (χ1) is 19.8. The summed E-state index contributed by atoms with van der Waals surface area (Å²) in [5.41, 5.74) is 4.33. The monoisotopic (exact) mass is 611 g/mol. The smallest absolute Gasteiger partial charge is 0.431 e. The molecule has 3 aromatic rings. The van der Waals surface area contributed by atoms with E-state index in [4.69, 9.17) is 10.5 Å². The van der Waals surface area contributed by atoms with E-state index in [1.54, 1.807) is 32.0 Å². The third-order valence-electron chi connectivity index (χ3n) is 7.24. The Morgan fingerprint density at radius 1 is 1.17 bits per heavy atom. The molecular weight excluding hydrogens is 578 g/mol. The van der Waals surface area contributed by atoms with Crippen LogP contribution in [0, 0.1) is 5.92 Å². The minimum absolute atomic E-state index is 0.0124. The Labute approximate surface area is 243 Å². The molecule has 0 amide bonds. The quantitative estimate of drug-likeness (QED) is 0.210. The van der Waals surface area contributed by atoms with Crippen LogP contribution in [0.25, 0.3) is 11.2 Å². The number of nitrogens with zero attached hydrogens (tertiary/aromatic N) is 4. The van der Waals surface area contributed by atoms with Crippen LogP contribution in [0.2, 0.25) is 0 Å². The molecule has 2 heterocycles. The molecule has 1 aliphatic rings. The second-order valence-electron chi connectivity index (χ2n) is 10.6. The molecule has 1 aliphatic carbocycles. The van der Waals surface area contributed by atoms with Crippen LogP contribution in [0.4, 0.5) is 17.6 Å². The van der Waals surface area contributed by atoms with Crippen LogP contribution in [-0.2, 0) is 23.1 Å². The first-order valence-electron chi connectivity index (χ1n) is 13.5. The number of aryl methyl sites for hydroxylation is 1. The van der Waals surface area contributed by atoms with Crippen molar-refractivity contribution in [1.29, 1.82) is 0 Å². The lowest BCUT2D eigenvalue weighted by molar-refractivity contribution is -0.206. The van der Waals surface area contributed by atoms with Gasteiger partial charge in [0.25, 0.3) is 5.56 Å². The first kappa shape index (κ1) is 31.5. The average molecular weight is 612 g/mol. The van der Waals surface area contributed by atoms with Gasteiger partial charge in [-0.1, -0.05) is 47.7 Å². The summed E-state index contributed by atoms with van der Waals surface area (Å²) in [5, 5.41) is 0.0879. The number of fused-ring (bicyclic) bond motifs is 1. The molecule has 2 N–H and O–H groups in total. The number of imidazole rings is 1. The number of ether oxygens (including phenoxy) is 1. The van der Waals surface area contributed by atoms with E-state index < -0.39 is 42.3 Å². The Bertz CT molecular complexity index is 1570. The molecule has 228 valence electrons. The molecule has 9 nitrogen and oxygen atoms in total. The maximum absolute atomic E-state index is 15.3. The van der Waals surface area contributed by atoms with Crippen molar-refractivity contribution in [2.75, 3.05) is 6.54 Å². The van der Waals surface area contributed by atoms with Gasteiger partial charge in [-0.15, -0.1) is 0 Å². The number of hydrogen-bond acceptors (Lipinski definition) is 7. The molecule has 0 aliphatic heterocycles. The summed E-state index contributed by atoms with van der Waals surface area (Å²) < 4.78 is 63.0. The van der Waals surface area contributed by atoms with Gasteiger partial charge in [0.1, 0.15) is 6.17 Å². The molecular formula is C28H33F4N5O4S. The summed E-state index contributed by atoms with van der Waals surface area (Å²) >= 11 is 1.23. The average Bonchev–Trinajstić information content (AvgIpc) is 3.33. The number of esters is 1. The van der Waals surface area contributed by atoms with Crippen LogP contribution in [0.3, 0.4) is 0 Å². The van der Waals surface area contributed by atoms with Crippen molar-refractivity contribution in [3.05, 3.63) is 68.4 Å². The number of alkyl halides is 4. The normalized spacial score (nSPS) is 19.0. The van der Waals surface area contributed by atoms with Crippen molar-refractivity contribution >= 4 is 28.9 Å². The van der Waals surface area contributed by atoms with Gasteiger partial charge in [0.2, 0.25) is 6.23 Å². The highest BCUT2D eigenvalue weighted by Gasteiger charge is 2.43. The first-order valence-corrected chi connectivity index (χ1v) is 14.4. The van der Waals surface area contributed by atoms with E-state index in [9.17, 15) is 27.6 Å². The third-order valence-corrected chi connectivity index (χ3v) is 8.54. The number of rotatable bonds is 9. The molecule has 0 radical (unpaired) electrons. The number of carbonyl (C=O) groups is 1. The van der Waals surface area contributed by atoms with E-state index in [2.05, 4.69) is 4.98 Å². The van der Waals surface area contributed by atoms with Crippen LogP contribution in [0.1, 0.15) is 57.5 Å². The molecule has 1 saturated carbocycles. The Morgan fingerprint density at radius 3 is 2.38 bits per heavy atom. The number of benzene rings is 1. The van der Waals surface area contributed by atoms with Crippen molar-refractivity contribution in [3.8, 4) is 0 Å². The number of allylic oxidation sites excluding steroid dienone is 1. The van der Waals surface area contributed by atoms with Gasteiger partial charge in [-0.05, 0) is 63.6 Å². The molecule has 1 aromatic carbocycles. The van der Waals surface area contributed by atoms with Gasteiger partial charge < -0.3 is 10.5 Å². The Morgan fingerprint density at radius 2 is 1.81 bits per heavy atom. The highest BCUT2D eigenvalue weighted by atomic mass is 32.2. The maximum atomic E-state index is 15.3. The Balaban J connectivity index is 1.91.